The van der Waals surface area contributed by atoms with Crippen LogP contribution in [0.1, 0.15) is 53.2 Å². The standard InChI is InChI=1S/C20H21ClN2O2/c21-15-6-4-13(5-7-15)19(24)10-11-20(25)23-18-3-1-2-14-12-16(22)8-9-17(14)18/h4-9,12,18H,1-3,10-11,22H2,(H,23,25). The molecule has 130 valence electrons. The van der Waals surface area contributed by atoms with Crippen molar-refractivity contribution in [3.63, 3.8) is 0 Å². The Bertz CT molecular complexity index is 787. The van der Waals surface area contributed by atoms with Gasteiger partial charge in [-0.25, -0.2) is 0 Å². The zero-order chi connectivity index (χ0) is 17.8. The second kappa shape index (κ2) is 7.70. The zero-order valence-electron chi connectivity index (χ0n) is 13.9. The molecule has 5 heteroatoms. The van der Waals surface area contributed by atoms with Crippen LogP contribution >= 0.6 is 11.6 Å². The van der Waals surface area contributed by atoms with E-state index in [0.717, 1.165) is 30.5 Å². The SMILES string of the molecule is Nc1ccc2c(c1)CCCC2NC(=O)CCC(=O)c1ccc(Cl)cc1. The maximum absolute atomic E-state index is 12.3. The highest BCUT2D eigenvalue weighted by atomic mass is 35.5. The Balaban J connectivity index is 1.57. The number of nitrogens with two attached hydrogens (primary N) is 1. The van der Waals surface area contributed by atoms with Crippen LogP contribution < -0.4 is 11.1 Å². The lowest BCUT2D eigenvalue weighted by Gasteiger charge is -2.26. The number of ketones is 1. The third-order valence-corrected chi connectivity index (χ3v) is 4.81. The number of anilines is 1. The van der Waals surface area contributed by atoms with E-state index in [0.29, 0.717) is 10.6 Å². The summed E-state index contributed by atoms with van der Waals surface area (Å²) in [6, 6.07) is 12.6. The summed E-state index contributed by atoms with van der Waals surface area (Å²) in [5, 5.41) is 3.65. The first-order valence-electron chi connectivity index (χ1n) is 8.49. The fourth-order valence-electron chi connectivity index (χ4n) is 3.26. The summed E-state index contributed by atoms with van der Waals surface area (Å²) in [4.78, 5) is 24.4. The Morgan fingerprint density at radius 3 is 2.64 bits per heavy atom. The monoisotopic (exact) mass is 356 g/mol. The maximum atomic E-state index is 12.3. The first-order valence-corrected chi connectivity index (χ1v) is 8.87. The molecule has 0 saturated carbocycles. The number of fused-ring (bicyclic) bond motifs is 1. The Hall–Kier alpha value is -2.33. The lowest BCUT2D eigenvalue weighted by Crippen LogP contribution is -2.31. The number of aryl methyl sites for hydroxylation is 1. The van der Waals surface area contributed by atoms with E-state index in [1.54, 1.807) is 24.3 Å². The van der Waals surface area contributed by atoms with Crippen LogP contribution in [0.4, 0.5) is 5.69 Å². The van der Waals surface area contributed by atoms with Gasteiger partial charge in [0.05, 0.1) is 6.04 Å². The summed E-state index contributed by atoms with van der Waals surface area (Å²) in [5.41, 5.74) is 9.51. The molecule has 0 fully saturated rings. The van der Waals surface area contributed by atoms with Crippen molar-refractivity contribution in [1.29, 1.82) is 0 Å². The van der Waals surface area contributed by atoms with Gasteiger partial charge in [-0.3, -0.25) is 9.59 Å². The molecule has 1 unspecified atom stereocenters. The first-order chi connectivity index (χ1) is 12.0. The minimum atomic E-state index is -0.100. The second-order valence-corrected chi connectivity index (χ2v) is 6.84. The summed E-state index contributed by atoms with van der Waals surface area (Å²) in [6.45, 7) is 0. The zero-order valence-corrected chi connectivity index (χ0v) is 14.7. The number of benzene rings is 2. The number of rotatable bonds is 5. The van der Waals surface area contributed by atoms with Gasteiger partial charge in [0, 0.05) is 29.1 Å². The second-order valence-electron chi connectivity index (χ2n) is 6.40. The number of hydrogen-bond acceptors (Lipinski definition) is 3. The Morgan fingerprint density at radius 1 is 1.12 bits per heavy atom. The molecule has 0 aromatic heterocycles. The minimum absolute atomic E-state index is 0.00230. The quantitative estimate of drug-likeness (QED) is 0.626. The molecule has 1 atom stereocenters. The highest BCUT2D eigenvalue weighted by Crippen LogP contribution is 2.31. The van der Waals surface area contributed by atoms with E-state index in [1.165, 1.54) is 5.56 Å². The molecule has 2 aromatic carbocycles. The number of amides is 1. The molecule has 1 amide bonds. The van der Waals surface area contributed by atoms with Crippen LogP contribution in [0, 0.1) is 0 Å². The van der Waals surface area contributed by atoms with Crippen molar-refractivity contribution in [2.24, 2.45) is 0 Å². The van der Waals surface area contributed by atoms with Gasteiger partial charge in [-0.2, -0.15) is 0 Å². The van der Waals surface area contributed by atoms with Crippen molar-refractivity contribution >= 4 is 29.0 Å². The highest BCUT2D eigenvalue weighted by Gasteiger charge is 2.22. The van der Waals surface area contributed by atoms with Crippen molar-refractivity contribution in [2.75, 3.05) is 5.73 Å². The van der Waals surface area contributed by atoms with Crippen LogP contribution in [0.25, 0.3) is 0 Å². The molecule has 1 aliphatic rings. The Labute approximate surface area is 152 Å². The summed E-state index contributed by atoms with van der Waals surface area (Å²) in [7, 11) is 0. The topological polar surface area (TPSA) is 72.2 Å². The minimum Gasteiger partial charge on any atom is -0.399 e. The highest BCUT2D eigenvalue weighted by molar-refractivity contribution is 6.30. The molecule has 25 heavy (non-hydrogen) atoms. The van der Waals surface area contributed by atoms with Gasteiger partial charge in [0.2, 0.25) is 5.91 Å². The van der Waals surface area contributed by atoms with Crippen LogP contribution in [-0.2, 0) is 11.2 Å². The molecule has 0 bridgehead atoms. The van der Waals surface area contributed by atoms with Gasteiger partial charge in [-0.05, 0) is 66.8 Å². The summed E-state index contributed by atoms with van der Waals surface area (Å²) < 4.78 is 0. The molecule has 0 heterocycles. The van der Waals surface area contributed by atoms with Gasteiger partial charge in [-0.1, -0.05) is 17.7 Å². The molecule has 4 nitrogen and oxygen atoms in total. The third kappa shape index (κ3) is 4.40. The van der Waals surface area contributed by atoms with Gasteiger partial charge < -0.3 is 11.1 Å². The fourth-order valence-corrected chi connectivity index (χ4v) is 3.38. The van der Waals surface area contributed by atoms with Gasteiger partial charge in [-0.15, -0.1) is 0 Å². The van der Waals surface area contributed by atoms with Gasteiger partial charge >= 0.3 is 0 Å². The van der Waals surface area contributed by atoms with E-state index < -0.39 is 0 Å². The molecular formula is C20H21ClN2O2. The van der Waals surface area contributed by atoms with Gasteiger partial charge in [0.15, 0.2) is 5.78 Å². The number of hydrogen-bond donors (Lipinski definition) is 2. The van der Waals surface area contributed by atoms with Crippen molar-refractivity contribution < 1.29 is 9.59 Å². The number of nitrogens with one attached hydrogen (secondary N) is 1. The summed E-state index contributed by atoms with van der Waals surface area (Å²) in [5.74, 6) is -0.152. The molecular weight excluding hydrogens is 336 g/mol. The van der Waals surface area contributed by atoms with Crippen molar-refractivity contribution in [3.05, 3.63) is 64.2 Å². The number of Topliss-reactive ketones (excluding diaryl/α,β-unsaturated/α-hetero) is 1. The number of halogens is 1. The van der Waals surface area contributed by atoms with Crippen molar-refractivity contribution in [3.8, 4) is 0 Å². The summed E-state index contributed by atoms with van der Waals surface area (Å²) >= 11 is 5.82. The molecule has 3 rings (SSSR count). The lowest BCUT2D eigenvalue weighted by atomic mass is 9.87. The van der Waals surface area contributed by atoms with E-state index in [2.05, 4.69) is 5.32 Å². The fraction of sp³-hybridized carbons (Fsp3) is 0.300. The maximum Gasteiger partial charge on any atom is 0.220 e. The number of carbonyl (C=O) groups excluding carboxylic acids is 2. The first kappa shape index (κ1) is 17.5. The molecule has 3 N–H and O–H groups in total. The van der Waals surface area contributed by atoms with Crippen LogP contribution in [0.5, 0.6) is 0 Å². The van der Waals surface area contributed by atoms with Crippen LogP contribution in [0.3, 0.4) is 0 Å². The van der Waals surface area contributed by atoms with E-state index in [1.807, 2.05) is 18.2 Å². The van der Waals surface area contributed by atoms with Crippen LogP contribution in [0.15, 0.2) is 42.5 Å². The molecule has 0 radical (unpaired) electrons. The molecule has 1 aliphatic carbocycles. The smallest absolute Gasteiger partial charge is 0.220 e. The Morgan fingerprint density at radius 2 is 1.88 bits per heavy atom. The van der Waals surface area contributed by atoms with E-state index in [-0.39, 0.29) is 30.6 Å². The largest absolute Gasteiger partial charge is 0.399 e. The molecule has 0 aliphatic heterocycles. The average Bonchev–Trinajstić information content (AvgIpc) is 2.60. The third-order valence-electron chi connectivity index (χ3n) is 4.56. The van der Waals surface area contributed by atoms with Crippen molar-refractivity contribution in [2.45, 2.75) is 38.1 Å². The van der Waals surface area contributed by atoms with E-state index in [9.17, 15) is 9.59 Å². The lowest BCUT2D eigenvalue weighted by molar-refractivity contribution is -0.121. The predicted octanol–water partition coefficient (Wildman–Crippen LogP) is 4.08. The van der Waals surface area contributed by atoms with E-state index in [4.69, 9.17) is 17.3 Å². The van der Waals surface area contributed by atoms with E-state index >= 15 is 0 Å². The normalized spacial score (nSPS) is 16.1. The average molecular weight is 357 g/mol. The summed E-state index contributed by atoms with van der Waals surface area (Å²) in [6.07, 6.45) is 3.29. The van der Waals surface area contributed by atoms with Crippen LogP contribution in [0.2, 0.25) is 5.02 Å². The number of nitrogen functional groups attached to an aromatic ring is 1. The molecule has 2 aromatic rings. The van der Waals surface area contributed by atoms with Gasteiger partial charge in [0.25, 0.3) is 0 Å². The van der Waals surface area contributed by atoms with Gasteiger partial charge in [0.1, 0.15) is 0 Å². The molecule has 0 saturated heterocycles. The Kier molecular flexibility index (Phi) is 5.39. The molecule has 0 spiro atoms. The van der Waals surface area contributed by atoms with Crippen molar-refractivity contribution in [1.82, 2.24) is 5.32 Å². The number of carbonyl (C=O) groups is 2. The van der Waals surface area contributed by atoms with Crippen LogP contribution in [-0.4, -0.2) is 11.7 Å². The predicted molar refractivity (Wildman–Crippen MR) is 99.7 cm³/mol.